The average molecular weight is 529 g/mol. The van der Waals surface area contributed by atoms with Crippen molar-refractivity contribution in [2.75, 3.05) is 19.0 Å². The second-order valence-corrected chi connectivity index (χ2v) is 9.52. The van der Waals surface area contributed by atoms with E-state index in [1.807, 2.05) is 0 Å². The first-order chi connectivity index (χ1) is 17.2. The van der Waals surface area contributed by atoms with Crippen LogP contribution in [0.15, 0.2) is 47.4 Å². The number of hydrogen-bond acceptors (Lipinski definition) is 8. The molecule has 1 saturated heterocycles. The van der Waals surface area contributed by atoms with E-state index in [9.17, 15) is 24.3 Å². The van der Waals surface area contributed by atoms with E-state index in [2.05, 4.69) is 10.1 Å². The molecule has 0 bridgehead atoms. The van der Waals surface area contributed by atoms with Crippen LogP contribution in [-0.2, 0) is 14.3 Å². The van der Waals surface area contributed by atoms with Gasteiger partial charge >= 0.3 is 11.9 Å². The number of unbranched alkanes of at least 4 members (excludes halogenated alkanes) is 2. The number of methoxy groups -OCH3 is 1. The lowest BCUT2D eigenvalue weighted by Crippen LogP contribution is -2.29. The maximum Gasteiger partial charge on any atom is 0.339 e. The normalized spacial score (nSPS) is 14.2. The van der Waals surface area contributed by atoms with Crippen molar-refractivity contribution in [3.8, 4) is 5.75 Å². The first-order valence-corrected chi connectivity index (χ1v) is 12.2. The van der Waals surface area contributed by atoms with E-state index in [1.54, 1.807) is 35.2 Å². The van der Waals surface area contributed by atoms with Crippen LogP contribution in [0.3, 0.4) is 0 Å². The minimum Gasteiger partial charge on any atom is -0.507 e. The lowest BCUT2D eigenvalue weighted by molar-refractivity contribution is -0.122. The molecule has 188 valence electrons. The Kier molecular flexibility index (Phi) is 9.20. The van der Waals surface area contributed by atoms with Crippen molar-refractivity contribution in [1.29, 1.82) is 0 Å². The molecule has 2 aromatic carbocycles. The Morgan fingerprint density at radius 1 is 1.11 bits per heavy atom. The fourth-order valence-corrected chi connectivity index (χ4v) is 4.73. The van der Waals surface area contributed by atoms with Gasteiger partial charge < -0.3 is 20.3 Å². The maximum absolute atomic E-state index is 12.8. The van der Waals surface area contributed by atoms with Crippen molar-refractivity contribution >= 4 is 63.8 Å². The van der Waals surface area contributed by atoms with Gasteiger partial charge in [-0.15, -0.1) is 0 Å². The van der Waals surface area contributed by atoms with Gasteiger partial charge in [0.15, 0.2) is 0 Å². The number of aromatic carboxylic acids is 1. The molecule has 1 aliphatic rings. The van der Waals surface area contributed by atoms with Gasteiger partial charge in [-0.3, -0.25) is 14.5 Å². The number of rotatable bonds is 10. The fourth-order valence-electron chi connectivity index (χ4n) is 3.42. The third-order valence-corrected chi connectivity index (χ3v) is 6.68. The number of carbonyl (C=O) groups is 4. The zero-order chi connectivity index (χ0) is 26.2. The lowest BCUT2D eigenvalue weighted by atomic mass is 10.1. The van der Waals surface area contributed by atoms with Crippen molar-refractivity contribution in [2.24, 2.45) is 0 Å². The van der Waals surface area contributed by atoms with E-state index in [-0.39, 0.29) is 23.8 Å². The van der Waals surface area contributed by atoms with E-state index < -0.39 is 17.7 Å². The quantitative estimate of drug-likeness (QED) is 0.179. The number of thioether (sulfide) groups is 1. The molecule has 2 amide bonds. The average Bonchev–Trinajstić information content (AvgIpc) is 3.10. The number of phenols is 1. The first-order valence-electron chi connectivity index (χ1n) is 11.0. The van der Waals surface area contributed by atoms with Gasteiger partial charge in [0, 0.05) is 24.7 Å². The van der Waals surface area contributed by atoms with Gasteiger partial charge in [0.1, 0.15) is 15.6 Å². The molecule has 0 atom stereocenters. The van der Waals surface area contributed by atoms with Crippen LogP contribution in [0.1, 0.15) is 52.0 Å². The van der Waals surface area contributed by atoms with E-state index in [1.165, 1.54) is 37.1 Å². The zero-order valence-corrected chi connectivity index (χ0v) is 21.0. The van der Waals surface area contributed by atoms with Gasteiger partial charge in [-0.05, 0) is 48.7 Å². The summed E-state index contributed by atoms with van der Waals surface area (Å²) in [5.74, 6) is -2.54. The van der Waals surface area contributed by atoms with Crippen molar-refractivity contribution < 1.29 is 34.1 Å². The maximum atomic E-state index is 12.8. The van der Waals surface area contributed by atoms with Crippen molar-refractivity contribution in [2.45, 2.75) is 25.7 Å². The highest BCUT2D eigenvalue weighted by atomic mass is 32.2. The molecule has 3 rings (SSSR count). The Balaban J connectivity index is 1.43. The van der Waals surface area contributed by atoms with Crippen molar-refractivity contribution in [3.05, 3.63) is 64.1 Å². The van der Waals surface area contributed by atoms with Crippen LogP contribution in [0.2, 0.25) is 0 Å². The molecule has 3 N–H and O–H groups in total. The monoisotopic (exact) mass is 528 g/mol. The van der Waals surface area contributed by atoms with E-state index >= 15 is 0 Å². The summed E-state index contributed by atoms with van der Waals surface area (Å²) in [4.78, 5) is 49.4. The van der Waals surface area contributed by atoms with Gasteiger partial charge in [-0.25, -0.2) is 9.59 Å². The summed E-state index contributed by atoms with van der Waals surface area (Å²) in [7, 11) is 1.31. The summed E-state index contributed by atoms with van der Waals surface area (Å²) in [5.41, 5.74) is 1.26. The molecule has 0 radical (unpaired) electrons. The third kappa shape index (κ3) is 6.92. The number of ether oxygens (including phenoxy) is 1. The van der Waals surface area contributed by atoms with E-state index in [0.29, 0.717) is 46.3 Å². The van der Waals surface area contributed by atoms with Gasteiger partial charge in [-0.1, -0.05) is 42.5 Å². The summed E-state index contributed by atoms with van der Waals surface area (Å²) in [5, 5.41) is 21.3. The van der Waals surface area contributed by atoms with Crippen LogP contribution >= 0.6 is 24.0 Å². The Hall–Kier alpha value is -3.70. The second-order valence-electron chi connectivity index (χ2n) is 7.84. The molecule has 1 fully saturated rings. The van der Waals surface area contributed by atoms with Crippen molar-refractivity contribution in [3.63, 3.8) is 0 Å². The SMILES string of the molecule is COC(=O)c1ccc(/C=C2\SC(=S)N(CCCCCC(=O)Nc3ccc(C(=O)O)c(O)c3)C2=O)cc1. The lowest BCUT2D eigenvalue weighted by Gasteiger charge is -2.14. The van der Waals surface area contributed by atoms with Gasteiger partial charge in [0.05, 0.1) is 17.6 Å². The molecule has 9 nitrogen and oxygen atoms in total. The summed E-state index contributed by atoms with van der Waals surface area (Å²) >= 11 is 6.58. The summed E-state index contributed by atoms with van der Waals surface area (Å²) < 4.78 is 5.15. The Morgan fingerprint density at radius 2 is 1.83 bits per heavy atom. The van der Waals surface area contributed by atoms with Crippen LogP contribution in [0.25, 0.3) is 6.08 Å². The van der Waals surface area contributed by atoms with E-state index in [4.69, 9.17) is 17.3 Å². The summed E-state index contributed by atoms with van der Waals surface area (Å²) in [6.07, 6.45) is 3.91. The summed E-state index contributed by atoms with van der Waals surface area (Å²) in [6, 6.07) is 10.5. The second kappa shape index (κ2) is 12.3. The largest absolute Gasteiger partial charge is 0.507 e. The number of nitrogens with zero attached hydrogens (tertiary/aromatic N) is 1. The van der Waals surface area contributed by atoms with Crippen LogP contribution < -0.4 is 5.32 Å². The number of benzene rings is 2. The standard InChI is InChI=1S/C25H24N2O7S2/c1-34-24(33)16-8-6-15(7-9-16)13-20-22(30)27(25(35)36-20)12-4-2-3-5-21(29)26-17-10-11-18(23(31)32)19(28)14-17/h6-11,13-14,28H,2-5,12H2,1H3,(H,26,29)(H,31,32)/b20-13-. The fraction of sp³-hybridized carbons (Fsp3) is 0.240. The van der Waals surface area contributed by atoms with Gasteiger partial charge in [-0.2, -0.15) is 0 Å². The zero-order valence-electron chi connectivity index (χ0n) is 19.4. The topological polar surface area (TPSA) is 133 Å². The van der Waals surface area contributed by atoms with Gasteiger partial charge in [0.2, 0.25) is 5.91 Å². The molecule has 2 aromatic rings. The Bertz CT molecular complexity index is 1230. The number of carboxylic acid groups (broad SMARTS) is 1. The number of hydrogen-bond donors (Lipinski definition) is 3. The van der Waals surface area contributed by atoms with Crippen LogP contribution in [0.5, 0.6) is 5.75 Å². The number of aromatic hydroxyl groups is 1. The number of amides is 2. The highest BCUT2D eigenvalue weighted by Gasteiger charge is 2.31. The number of carbonyl (C=O) groups excluding carboxylic acids is 3. The molecule has 11 heteroatoms. The third-order valence-electron chi connectivity index (χ3n) is 5.30. The van der Waals surface area contributed by atoms with Crippen LogP contribution in [-0.4, -0.2) is 56.8 Å². The number of esters is 1. The number of anilines is 1. The molecule has 0 aromatic heterocycles. The Morgan fingerprint density at radius 3 is 2.47 bits per heavy atom. The van der Waals surface area contributed by atoms with Crippen LogP contribution in [0.4, 0.5) is 5.69 Å². The number of thiocarbonyl (C=S) groups is 1. The molecular formula is C25H24N2O7S2. The smallest absolute Gasteiger partial charge is 0.339 e. The molecular weight excluding hydrogens is 504 g/mol. The number of nitrogens with one attached hydrogen (secondary N) is 1. The van der Waals surface area contributed by atoms with Crippen LogP contribution in [0, 0.1) is 0 Å². The molecule has 0 saturated carbocycles. The minimum atomic E-state index is -1.25. The van der Waals surface area contributed by atoms with E-state index in [0.717, 1.165) is 5.56 Å². The minimum absolute atomic E-state index is 0.176. The van der Waals surface area contributed by atoms with Gasteiger partial charge in [0.25, 0.3) is 5.91 Å². The molecule has 1 heterocycles. The van der Waals surface area contributed by atoms with Crippen molar-refractivity contribution in [1.82, 2.24) is 4.90 Å². The molecule has 0 aliphatic carbocycles. The Labute approximate surface area is 217 Å². The highest BCUT2D eigenvalue weighted by Crippen LogP contribution is 2.33. The summed E-state index contributed by atoms with van der Waals surface area (Å²) in [6.45, 7) is 0.440. The predicted molar refractivity (Wildman–Crippen MR) is 140 cm³/mol. The first kappa shape index (κ1) is 26.9. The molecule has 36 heavy (non-hydrogen) atoms. The molecule has 0 unspecified atom stereocenters. The molecule has 0 spiro atoms. The number of carboxylic acids is 1. The highest BCUT2D eigenvalue weighted by molar-refractivity contribution is 8.26. The molecule has 1 aliphatic heterocycles. The predicted octanol–water partition coefficient (Wildman–Crippen LogP) is 4.28.